The van der Waals surface area contributed by atoms with Crippen LogP contribution in [0.2, 0.25) is 0 Å². The van der Waals surface area contributed by atoms with Crippen molar-refractivity contribution in [3.8, 4) is 0 Å². The summed E-state index contributed by atoms with van der Waals surface area (Å²) in [5.74, 6) is 2.28. The van der Waals surface area contributed by atoms with Gasteiger partial charge in [0.05, 0.1) is 0 Å². The van der Waals surface area contributed by atoms with Gasteiger partial charge < -0.3 is 0 Å². The van der Waals surface area contributed by atoms with E-state index in [4.69, 9.17) is 4.74 Å². The fourth-order valence-electron chi connectivity index (χ4n) is 4.47. The first-order chi connectivity index (χ1) is 9.97. The van der Waals surface area contributed by atoms with E-state index in [1.54, 1.807) is 0 Å². The number of carbonyl (C=O) groups excluding carboxylic acids is 1. The van der Waals surface area contributed by atoms with Crippen molar-refractivity contribution in [1.82, 2.24) is 10.6 Å². The van der Waals surface area contributed by atoms with Gasteiger partial charge in [0.15, 0.2) is 0 Å². The van der Waals surface area contributed by atoms with Crippen LogP contribution in [-0.4, -0.2) is 18.8 Å². The number of hydrogen-bond donors (Lipinski definition) is 3. The summed E-state index contributed by atoms with van der Waals surface area (Å²) in [5, 5.41) is 0. The molecule has 2 saturated carbocycles. The average Bonchev–Trinajstić information content (AvgIpc) is 3.26. The summed E-state index contributed by atoms with van der Waals surface area (Å²) in [5.41, 5.74) is -0.220. The molecule has 0 spiro atoms. The summed E-state index contributed by atoms with van der Waals surface area (Å²) >= 11 is -1.31. The second kappa shape index (κ2) is 4.25. The van der Waals surface area contributed by atoms with Crippen molar-refractivity contribution >= 4 is 26.3 Å². The Morgan fingerprint density at radius 2 is 2.05 bits per heavy atom. The molecule has 2 bridgehead atoms. The van der Waals surface area contributed by atoms with Crippen LogP contribution in [0.3, 0.4) is 0 Å². The van der Waals surface area contributed by atoms with E-state index < -0.39 is 20.4 Å². The Bertz CT molecular complexity index is 518. The molecule has 2 aliphatic carbocycles. The predicted octanol–water partition coefficient (Wildman–Crippen LogP) is -1.37. The van der Waals surface area contributed by atoms with Crippen LogP contribution in [-0.2, 0) is 9.53 Å². The molecule has 21 heavy (non-hydrogen) atoms. The van der Waals surface area contributed by atoms with E-state index in [-0.39, 0.29) is 40.3 Å². The monoisotopic (exact) mass is 518 g/mol. The van der Waals surface area contributed by atoms with Gasteiger partial charge in [-0.3, -0.25) is 0 Å². The first-order valence-corrected chi connectivity index (χ1v) is 13.3. The Morgan fingerprint density at radius 1 is 1.33 bits per heavy atom. The minimum atomic E-state index is -1.09. The summed E-state index contributed by atoms with van der Waals surface area (Å²) in [6.07, 6.45) is 6.17. The number of carbonyl (C=O) groups is 1. The fraction of sp³-hybridized carbons (Fsp3) is 0.929. The molecule has 0 aromatic carbocycles. The van der Waals surface area contributed by atoms with Gasteiger partial charge in [-0.1, -0.05) is 0 Å². The van der Waals surface area contributed by atoms with Gasteiger partial charge in [-0.15, -0.1) is 0 Å². The van der Waals surface area contributed by atoms with Gasteiger partial charge in [0.25, 0.3) is 0 Å². The minimum absolute atomic E-state index is 0.0364. The first-order valence-electron chi connectivity index (χ1n) is 7.88. The van der Waals surface area contributed by atoms with Gasteiger partial charge in [-0.25, -0.2) is 0 Å². The Hall–Kier alpha value is 0.810. The Balaban J connectivity index is 1.34. The van der Waals surface area contributed by atoms with E-state index in [2.05, 4.69) is 24.4 Å². The van der Waals surface area contributed by atoms with Crippen LogP contribution in [0.15, 0.2) is 0 Å². The molecular weight excluding hydrogens is 496 g/mol. The van der Waals surface area contributed by atoms with Crippen LogP contribution >= 0.6 is 20.4 Å². The maximum atomic E-state index is 12.8. The van der Waals surface area contributed by atoms with Crippen LogP contribution < -0.4 is 32.1 Å². The van der Waals surface area contributed by atoms with E-state index in [1.807, 2.05) is 0 Å². The zero-order valence-electron chi connectivity index (χ0n) is 12.3. The van der Waals surface area contributed by atoms with Gasteiger partial charge in [0.2, 0.25) is 0 Å². The SMILES string of the molecule is CC1CC2CCC(C)(OC(=O)C3(C45NI4N5)N[I-]3)C(C1)C2. The summed E-state index contributed by atoms with van der Waals surface area (Å²) < 4.78 is 16.3. The van der Waals surface area contributed by atoms with Crippen LogP contribution in [0.5, 0.6) is 0 Å². The number of alkyl halides is 2. The van der Waals surface area contributed by atoms with Gasteiger partial charge in [0, 0.05) is 0 Å². The third-order valence-electron chi connectivity index (χ3n) is 5.98. The molecule has 3 saturated heterocycles. The molecule has 7 heteroatoms. The van der Waals surface area contributed by atoms with Gasteiger partial charge in [-0.2, -0.15) is 0 Å². The van der Waals surface area contributed by atoms with Crippen molar-refractivity contribution in [2.45, 2.75) is 58.8 Å². The first kappa shape index (κ1) is 14.2. The molecule has 0 aromatic rings. The number of hydrogen-bond acceptors (Lipinski definition) is 5. The quantitative estimate of drug-likeness (QED) is 0.107. The number of halogens is 2. The van der Waals surface area contributed by atoms with Crippen molar-refractivity contribution in [3.05, 3.63) is 0 Å². The molecule has 5 rings (SSSR count). The molecule has 5 atom stereocenters. The summed E-state index contributed by atoms with van der Waals surface area (Å²) in [4.78, 5) is 12.8. The number of esters is 1. The molecule has 3 N–H and O–H groups in total. The van der Waals surface area contributed by atoms with E-state index >= 15 is 0 Å². The molecule has 5 aliphatic rings. The summed E-state index contributed by atoms with van der Waals surface area (Å²) in [6.45, 7) is 4.56. The van der Waals surface area contributed by atoms with Crippen LogP contribution in [0.1, 0.15) is 46.0 Å². The Labute approximate surface area is 143 Å². The number of rotatable bonds is 3. The van der Waals surface area contributed by atoms with Gasteiger partial charge >= 0.3 is 144 Å². The molecule has 3 aliphatic heterocycles. The Kier molecular flexibility index (Phi) is 2.87. The molecule has 0 amide bonds. The normalized spacial score (nSPS) is 54.0. The van der Waals surface area contributed by atoms with Crippen LogP contribution in [0, 0.1) is 17.8 Å². The molecule has 5 fully saturated rings. The second-order valence-corrected chi connectivity index (χ2v) is 14.6. The zero-order valence-corrected chi connectivity index (χ0v) is 16.7. The zero-order chi connectivity index (χ0) is 14.5. The topological polar surface area (TPSA) is 92.1 Å². The molecule has 5 unspecified atom stereocenters. The predicted molar refractivity (Wildman–Crippen MR) is 82.6 cm³/mol. The third-order valence-corrected chi connectivity index (χ3v) is 14.5. The number of nitrogens with one attached hydrogen (secondary N) is 3. The molecule has 0 aromatic heterocycles. The van der Waals surface area contributed by atoms with E-state index in [0.717, 1.165) is 18.3 Å². The van der Waals surface area contributed by atoms with Crippen LogP contribution in [0.25, 0.3) is 0 Å². The molecule has 120 valence electrons. The summed E-state index contributed by atoms with van der Waals surface area (Å²) in [7, 11) is 0. The van der Waals surface area contributed by atoms with Crippen molar-refractivity contribution in [1.29, 1.82) is 0 Å². The third kappa shape index (κ3) is 1.93. The second-order valence-electron chi connectivity index (χ2n) is 7.59. The molecule has 5 nitrogen and oxygen atoms in total. The van der Waals surface area contributed by atoms with Gasteiger partial charge in [-0.05, 0) is 0 Å². The number of ether oxygens (including phenoxy) is 1. The van der Waals surface area contributed by atoms with Crippen molar-refractivity contribution < 1.29 is 31.0 Å². The average molecular weight is 518 g/mol. The standard InChI is InChI=1S/C14H22I2N3O2/c1-8-5-9-3-4-12(2,10(6-8)7-9)21-11(20)13(15-17-13)14-16(18-14)19-14/h8-10,17-19H,3-7H2,1-2H3/q-1. The van der Waals surface area contributed by atoms with Crippen LogP contribution in [0.4, 0.5) is 0 Å². The van der Waals surface area contributed by atoms with Crippen molar-refractivity contribution in [2.75, 3.05) is 0 Å². The fourth-order valence-corrected chi connectivity index (χ4v) is 14.5. The van der Waals surface area contributed by atoms with E-state index in [0.29, 0.717) is 5.92 Å². The van der Waals surface area contributed by atoms with E-state index in [9.17, 15) is 4.79 Å². The van der Waals surface area contributed by atoms with E-state index in [1.165, 1.54) is 25.7 Å². The van der Waals surface area contributed by atoms with Crippen molar-refractivity contribution in [3.63, 3.8) is 0 Å². The molecule has 3 heterocycles. The molecular formula is C14H22I2N3O2-. The van der Waals surface area contributed by atoms with Gasteiger partial charge in [0.1, 0.15) is 0 Å². The number of fused-ring (bicyclic) bond motifs is 3. The van der Waals surface area contributed by atoms with Crippen molar-refractivity contribution in [2.24, 2.45) is 17.8 Å². The molecule has 0 radical (unpaired) electrons. The summed E-state index contributed by atoms with van der Waals surface area (Å²) in [6, 6.07) is 0. The maximum absolute atomic E-state index is 12.8. The Morgan fingerprint density at radius 3 is 2.67 bits per heavy atom.